The molecule has 10 heteroatoms. The van der Waals surface area contributed by atoms with Gasteiger partial charge in [0.15, 0.2) is 5.17 Å². The van der Waals surface area contributed by atoms with Gasteiger partial charge < -0.3 is 24.6 Å². The number of alkyl halides is 3. The van der Waals surface area contributed by atoms with Gasteiger partial charge in [0, 0.05) is 20.7 Å². The van der Waals surface area contributed by atoms with E-state index in [2.05, 4.69) is 4.99 Å². The zero-order valence-corrected chi connectivity index (χ0v) is 15.4. The SMILES string of the molecule is CCCOC(C)[C@@H]([C@@H]1O[C@@H]2SC(N(C)C)=N[C@@H]2[C@@H](O)[C@@H]1O)C(F)(F)F. The monoisotopic (exact) mass is 386 g/mol. The van der Waals surface area contributed by atoms with E-state index in [-0.39, 0.29) is 6.61 Å². The maximum Gasteiger partial charge on any atom is 0.396 e. The summed E-state index contributed by atoms with van der Waals surface area (Å²) in [6, 6.07) is -0.797. The van der Waals surface area contributed by atoms with Crippen LogP contribution in [0.25, 0.3) is 0 Å². The van der Waals surface area contributed by atoms with E-state index < -0.39 is 48.0 Å². The number of ether oxygens (including phenoxy) is 2. The predicted octanol–water partition coefficient (Wildman–Crippen LogP) is 1.46. The molecule has 0 amide bonds. The lowest BCUT2D eigenvalue weighted by molar-refractivity contribution is -0.271. The van der Waals surface area contributed by atoms with Gasteiger partial charge in [-0.05, 0) is 13.3 Å². The average Bonchev–Trinajstić information content (AvgIpc) is 2.93. The highest BCUT2D eigenvalue weighted by molar-refractivity contribution is 8.14. The van der Waals surface area contributed by atoms with Crippen LogP contribution in [0, 0.1) is 5.92 Å². The molecule has 0 aromatic carbocycles. The van der Waals surface area contributed by atoms with Crippen LogP contribution in [0.4, 0.5) is 13.2 Å². The lowest BCUT2D eigenvalue weighted by Gasteiger charge is -2.43. The highest BCUT2D eigenvalue weighted by Gasteiger charge is 2.58. The molecule has 0 bridgehead atoms. The standard InChI is InChI=1S/C15H25F3N2O4S/c1-5-6-23-7(2)8(15(16,17)18)12-11(22)10(21)9-13(24-12)25-14(19-9)20(3)4/h7-13,21-22H,5-6H2,1-4H3/t7?,8-,9+,10+,11-,12-,13+/m0/s1. The summed E-state index contributed by atoms with van der Waals surface area (Å²) in [6.07, 6.45) is -10.0. The number of nitrogens with zero attached hydrogens (tertiary/aromatic N) is 2. The normalized spacial score (nSPS) is 35.1. The fourth-order valence-electron chi connectivity index (χ4n) is 3.01. The van der Waals surface area contributed by atoms with E-state index in [0.29, 0.717) is 11.6 Å². The molecular weight excluding hydrogens is 361 g/mol. The maximum absolute atomic E-state index is 13.6. The van der Waals surface area contributed by atoms with Gasteiger partial charge in [0.2, 0.25) is 0 Å². The Hall–Kier alpha value is -0.550. The minimum atomic E-state index is -4.64. The molecule has 25 heavy (non-hydrogen) atoms. The molecule has 0 aromatic rings. The Kier molecular flexibility index (Phi) is 6.64. The molecule has 0 spiro atoms. The van der Waals surface area contributed by atoms with Crippen molar-refractivity contribution in [1.29, 1.82) is 0 Å². The summed E-state index contributed by atoms with van der Waals surface area (Å²) in [5, 5.41) is 21.2. The molecular formula is C15H25F3N2O4S. The van der Waals surface area contributed by atoms with Crippen molar-refractivity contribution < 1.29 is 32.9 Å². The number of fused-ring (bicyclic) bond motifs is 1. The topological polar surface area (TPSA) is 74.5 Å². The Bertz CT molecular complexity index is 492. The zero-order valence-electron chi connectivity index (χ0n) is 14.6. The van der Waals surface area contributed by atoms with Crippen molar-refractivity contribution in [2.24, 2.45) is 10.9 Å². The number of amidine groups is 1. The molecule has 2 rings (SSSR count). The van der Waals surface area contributed by atoms with Gasteiger partial charge in [-0.15, -0.1) is 0 Å². The first-order valence-corrected chi connectivity index (χ1v) is 9.07. The van der Waals surface area contributed by atoms with E-state index in [4.69, 9.17) is 9.47 Å². The van der Waals surface area contributed by atoms with Gasteiger partial charge in [-0.1, -0.05) is 18.7 Å². The lowest BCUT2D eigenvalue weighted by atomic mass is 9.86. The number of hydrogen-bond acceptors (Lipinski definition) is 7. The molecule has 1 fully saturated rings. The van der Waals surface area contributed by atoms with Gasteiger partial charge >= 0.3 is 6.18 Å². The molecule has 0 radical (unpaired) electrons. The molecule has 2 aliphatic heterocycles. The minimum absolute atomic E-state index is 0.174. The Morgan fingerprint density at radius 1 is 1.32 bits per heavy atom. The summed E-state index contributed by atoms with van der Waals surface area (Å²) in [6.45, 7) is 3.28. The molecule has 2 aliphatic rings. The summed E-state index contributed by atoms with van der Waals surface area (Å²) < 4.78 is 51.7. The smallest absolute Gasteiger partial charge is 0.388 e. The van der Waals surface area contributed by atoms with Crippen LogP contribution in [-0.2, 0) is 9.47 Å². The van der Waals surface area contributed by atoms with E-state index in [1.165, 1.54) is 6.92 Å². The van der Waals surface area contributed by atoms with E-state index in [0.717, 1.165) is 11.8 Å². The fraction of sp³-hybridized carbons (Fsp3) is 0.933. The predicted molar refractivity (Wildman–Crippen MR) is 88.4 cm³/mol. The Labute approximate surface area is 149 Å². The zero-order chi connectivity index (χ0) is 18.9. The van der Waals surface area contributed by atoms with Crippen molar-refractivity contribution >= 4 is 16.9 Å². The first-order valence-electron chi connectivity index (χ1n) is 8.19. The molecule has 1 unspecified atom stereocenters. The van der Waals surface area contributed by atoms with Crippen LogP contribution in [0.2, 0.25) is 0 Å². The molecule has 146 valence electrons. The van der Waals surface area contributed by atoms with Gasteiger partial charge in [0.25, 0.3) is 0 Å². The third kappa shape index (κ3) is 4.41. The molecule has 0 aliphatic carbocycles. The number of hydrogen-bond donors (Lipinski definition) is 2. The molecule has 7 atom stereocenters. The number of rotatable bonds is 5. The summed E-state index contributed by atoms with van der Waals surface area (Å²) in [5.41, 5.74) is -0.774. The second kappa shape index (κ2) is 7.99. The first kappa shape index (κ1) is 20.8. The second-order valence-corrected chi connectivity index (χ2v) is 7.57. The largest absolute Gasteiger partial charge is 0.396 e. The van der Waals surface area contributed by atoms with Crippen LogP contribution >= 0.6 is 11.8 Å². The molecule has 2 heterocycles. The van der Waals surface area contributed by atoms with Gasteiger partial charge in [0.05, 0.1) is 6.10 Å². The fourth-order valence-corrected chi connectivity index (χ4v) is 4.16. The highest BCUT2D eigenvalue weighted by atomic mass is 32.2. The van der Waals surface area contributed by atoms with E-state index in [1.807, 2.05) is 0 Å². The van der Waals surface area contributed by atoms with Crippen molar-refractivity contribution in [3.05, 3.63) is 0 Å². The van der Waals surface area contributed by atoms with Gasteiger partial charge in [-0.25, -0.2) is 0 Å². The van der Waals surface area contributed by atoms with E-state index >= 15 is 0 Å². The van der Waals surface area contributed by atoms with E-state index in [9.17, 15) is 23.4 Å². The van der Waals surface area contributed by atoms with Gasteiger partial charge in [-0.2, -0.15) is 13.2 Å². The maximum atomic E-state index is 13.6. The summed E-state index contributed by atoms with van der Waals surface area (Å²) in [5.74, 6) is -2.05. The van der Waals surface area contributed by atoms with Gasteiger partial charge in [0.1, 0.15) is 35.7 Å². The highest BCUT2D eigenvalue weighted by Crippen LogP contribution is 2.43. The summed E-state index contributed by atoms with van der Waals surface area (Å²) in [7, 11) is 3.48. The van der Waals surface area contributed by atoms with Crippen molar-refractivity contribution in [1.82, 2.24) is 4.90 Å². The quantitative estimate of drug-likeness (QED) is 0.745. The molecule has 1 saturated heterocycles. The second-order valence-electron chi connectivity index (χ2n) is 6.51. The van der Waals surface area contributed by atoms with Crippen LogP contribution < -0.4 is 0 Å². The number of aliphatic hydroxyl groups excluding tert-OH is 2. The van der Waals surface area contributed by atoms with Crippen molar-refractivity contribution in [2.75, 3.05) is 20.7 Å². The molecule has 0 saturated carbocycles. The van der Waals surface area contributed by atoms with Crippen molar-refractivity contribution in [3.8, 4) is 0 Å². The van der Waals surface area contributed by atoms with E-state index in [1.54, 1.807) is 25.9 Å². The molecule has 6 nitrogen and oxygen atoms in total. The van der Waals surface area contributed by atoms with Crippen molar-refractivity contribution in [2.45, 2.75) is 62.3 Å². The van der Waals surface area contributed by atoms with Crippen LogP contribution in [0.15, 0.2) is 4.99 Å². The summed E-state index contributed by atoms with van der Waals surface area (Å²) in [4.78, 5) is 5.94. The minimum Gasteiger partial charge on any atom is -0.388 e. The number of halogens is 3. The van der Waals surface area contributed by atoms with Crippen LogP contribution in [0.1, 0.15) is 20.3 Å². The Morgan fingerprint density at radius 2 is 1.96 bits per heavy atom. The number of aliphatic hydroxyl groups is 2. The Morgan fingerprint density at radius 3 is 2.48 bits per heavy atom. The Balaban J connectivity index is 2.22. The van der Waals surface area contributed by atoms with Crippen LogP contribution in [0.5, 0.6) is 0 Å². The van der Waals surface area contributed by atoms with Crippen LogP contribution in [-0.4, -0.2) is 83.1 Å². The van der Waals surface area contributed by atoms with Crippen molar-refractivity contribution in [3.63, 3.8) is 0 Å². The summed E-state index contributed by atoms with van der Waals surface area (Å²) >= 11 is 1.14. The third-order valence-corrected chi connectivity index (χ3v) is 5.60. The van der Waals surface area contributed by atoms with Gasteiger partial charge in [-0.3, -0.25) is 4.99 Å². The molecule has 2 N–H and O–H groups in total. The number of aliphatic imine (C=N–C) groups is 1. The molecule has 0 aromatic heterocycles. The third-order valence-electron chi connectivity index (χ3n) is 4.29. The first-order chi connectivity index (χ1) is 11.6. The average molecular weight is 386 g/mol. The lowest BCUT2D eigenvalue weighted by Crippen LogP contribution is -2.61. The number of thioether (sulfide) groups is 1. The van der Waals surface area contributed by atoms with Crippen LogP contribution in [0.3, 0.4) is 0 Å².